The van der Waals surface area contributed by atoms with Gasteiger partial charge in [-0.05, 0) is 62.1 Å². The molecule has 0 aliphatic carbocycles. The molecule has 0 radical (unpaired) electrons. The third kappa shape index (κ3) is 7.65. The molecule has 2 unspecified atom stereocenters. The molecule has 4 rings (SSSR count). The number of anilines is 1. The Bertz CT molecular complexity index is 1390. The molecule has 0 saturated carbocycles. The van der Waals surface area contributed by atoms with Gasteiger partial charge >= 0.3 is 6.03 Å². The maximum absolute atomic E-state index is 13.8. The van der Waals surface area contributed by atoms with Crippen molar-refractivity contribution in [2.45, 2.75) is 56.7 Å². The summed E-state index contributed by atoms with van der Waals surface area (Å²) in [6, 6.07) is 19.7. The third-order valence-corrected chi connectivity index (χ3v) is 8.50. The lowest BCUT2D eigenvalue weighted by atomic mass is 9.97. The quantitative estimate of drug-likeness (QED) is 0.304. The highest BCUT2D eigenvalue weighted by atomic mass is 32.2. The molecule has 8 nitrogen and oxygen atoms in total. The van der Waals surface area contributed by atoms with Gasteiger partial charge in [-0.3, -0.25) is 9.59 Å². The third-order valence-electron chi connectivity index (χ3n) is 7.12. The fourth-order valence-electron chi connectivity index (χ4n) is 4.85. The first-order valence-corrected chi connectivity index (χ1v) is 14.4. The van der Waals surface area contributed by atoms with E-state index in [9.17, 15) is 23.9 Å². The average Bonchev–Trinajstić information content (AvgIpc) is 3.26. The number of aliphatic hydroxyl groups excluding tert-OH is 1. The predicted molar refractivity (Wildman–Crippen MR) is 159 cm³/mol. The first kappa shape index (κ1) is 30.1. The lowest BCUT2D eigenvalue weighted by Crippen LogP contribution is -2.59. The molecule has 1 aliphatic heterocycles. The van der Waals surface area contributed by atoms with Crippen molar-refractivity contribution in [1.29, 1.82) is 0 Å². The molecule has 0 bridgehead atoms. The van der Waals surface area contributed by atoms with Crippen LogP contribution in [0.4, 0.5) is 14.9 Å². The maximum Gasteiger partial charge on any atom is 0.319 e. The lowest BCUT2D eigenvalue weighted by molar-refractivity contribution is -0.147. The number of urea groups is 1. The maximum atomic E-state index is 13.8. The van der Waals surface area contributed by atoms with Gasteiger partial charge in [0.15, 0.2) is 6.10 Å². The summed E-state index contributed by atoms with van der Waals surface area (Å²) in [5.74, 6) is -1.29. The monoisotopic (exact) mass is 578 g/mol. The Kier molecular flexibility index (Phi) is 9.67. The van der Waals surface area contributed by atoms with Crippen LogP contribution in [0, 0.1) is 12.7 Å². The largest absolute Gasteiger partial charge is 0.381 e. The summed E-state index contributed by atoms with van der Waals surface area (Å²) < 4.78 is 13.0. The van der Waals surface area contributed by atoms with Crippen molar-refractivity contribution in [3.05, 3.63) is 101 Å². The predicted octanol–water partition coefficient (Wildman–Crippen LogP) is 4.22. The first-order valence-electron chi connectivity index (χ1n) is 13.4. The molecular formula is C31H35FN4O4S. The van der Waals surface area contributed by atoms with E-state index in [-0.39, 0.29) is 23.9 Å². The van der Waals surface area contributed by atoms with Crippen LogP contribution in [0.25, 0.3) is 0 Å². The molecule has 1 fully saturated rings. The molecule has 0 aromatic heterocycles. The van der Waals surface area contributed by atoms with Gasteiger partial charge in [-0.2, -0.15) is 0 Å². The Labute approximate surface area is 243 Å². The van der Waals surface area contributed by atoms with Gasteiger partial charge in [0, 0.05) is 17.0 Å². The van der Waals surface area contributed by atoms with E-state index in [0.29, 0.717) is 6.54 Å². The molecule has 1 heterocycles. The number of carbonyl (C=O) groups is 3. The van der Waals surface area contributed by atoms with Crippen molar-refractivity contribution < 1.29 is 23.9 Å². The Morgan fingerprint density at radius 2 is 1.76 bits per heavy atom. The highest BCUT2D eigenvalue weighted by Crippen LogP contribution is 2.40. The zero-order valence-corrected chi connectivity index (χ0v) is 24.1. The number of rotatable bonds is 9. The number of aliphatic hydroxyl groups is 1. The number of nitrogens with one attached hydrogen (secondary N) is 3. The molecule has 4 amide bonds. The van der Waals surface area contributed by atoms with Crippen LogP contribution in [-0.2, 0) is 22.6 Å². The van der Waals surface area contributed by atoms with Crippen LogP contribution < -0.4 is 16.0 Å². The summed E-state index contributed by atoms with van der Waals surface area (Å²) in [6.07, 6.45) is -1.49. The second-order valence-electron chi connectivity index (χ2n) is 10.6. The highest BCUT2D eigenvalue weighted by Gasteiger charge is 2.49. The van der Waals surface area contributed by atoms with E-state index in [1.165, 1.54) is 34.9 Å². The fraction of sp³-hybridized carbons (Fsp3) is 0.323. The van der Waals surface area contributed by atoms with E-state index in [1.54, 1.807) is 0 Å². The van der Waals surface area contributed by atoms with Crippen molar-refractivity contribution in [3.8, 4) is 0 Å². The minimum absolute atomic E-state index is 0.152. The van der Waals surface area contributed by atoms with Crippen LogP contribution in [-0.4, -0.2) is 56.7 Å². The molecule has 41 heavy (non-hydrogen) atoms. The summed E-state index contributed by atoms with van der Waals surface area (Å²) in [5, 5.41) is 19.5. The number of carbonyl (C=O) groups excluding carboxylic acids is 3. The molecule has 3 atom stereocenters. The van der Waals surface area contributed by atoms with Gasteiger partial charge < -0.3 is 26.0 Å². The van der Waals surface area contributed by atoms with Gasteiger partial charge in [0.25, 0.3) is 5.91 Å². The number of thioether (sulfide) groups is 1. The summed E-state index contributed by atoms with van der Waals surface area (Å²) >= 11 is 1.45. The minimum Gasteiger partial charge on any atom is -0.381 e. The normalized spacial score (nSPS) is 17.4. The molecule has 3 aromatic rings. The highest BCUT2D eigenvalue weighted by molar-refractivity contribution is 8.00. The number of hydrogen-bond donors (Lipinski definition) is 4. The second kappa shape index (κ2) is 13.2. The van der Waals surface area contributed by atoms with Crippen LogP contribution in [0.3, 0.4) is 0 Å². The summed E-state index contributed by atoms with van der Waals surface area (Å²) in [6.45, 7) is 6.06. The Morgan fingerprint density at radius 3 is 2.46 bits per heavy atom. The average molecular weight is 579 g/mol. The molecule has 1 saturated heterocycles. The SMILES string of the molecule is Cc1ccccc1CNC(=O)[C@H]1N(C(=O)C(O)C(Cc2ccccc2)NC(=O)Nc2cccc(F)c2)CSC1(C)C. The second-order valence-corrected chi connectivity index (χ2v) is 12.2. The van der Waals surface area contributed by atoms with Crippen molar-refractivity contribution in [3.63, 3.8) is 0 Å². The Hall–Kier alpha value is -3.89. The Morgan fingerprint density at radius 1 is 1.05 bits per heavy atom. The van der Waals surface area contributed by atoms with E-state index in [1.807, 2.05) is 75.4 Å². The molecule has 10 heteroatoms. The molecule has 216 valence electrons. The Balaban J connectivity index is 1.51. The van der Waals surface area contributed by atoms with Crippen LogP contribution in [0.2, 0.25) is 0 Å². The molecule has 4 N–H and O–H groups in total. The number of nitrogens with zero attached hydrogens (tertiary/aromatic N) is 1. The minimum atomic E-state index is -1.64. The number of aryl methyl sites for hydroxylation is 1. The van der Waals surface area contributed by atoms with Crippen molar-refractivity contribution in [2.24, 2.45) is 0 Å². The van der Waals surface area contributed by atoms with Crippen LogP contribution in [0.15, 0.2) is 78.9 Å². The standard InChI is InChI=1S/C31H35FN4O4S/c1-20-10-7-8-13-22(20)18-33-28(38)27-31(2,3)41-19-36(27)29(39)26(37)25(16-21-11-5-4-6-12-21)35-30(40)34-24-15-9-14-23(32)17-24/h4-15,17,25-27,37H,16,18-19H2,1-3H3,(H,33,38)(H2,34,35,40)/t25?,26?,27-/m1/s1. The van der Waals surface area contributed by atoms with E-state index in [0.717, 1.165) is 22.8 Å². The zero-order chi connectivity index (χ0) is 29.6. The fourth-order valence-corrected chi connectivity index (χ4v) is 5.99. The van der Waals surface area contributed by atoms with Crippen LogP contribution >= 0.6 is 11.8 Å². The number of amides is 4. The van der Waals surface area contributed by atoms with Crippen molar-refractivity contribution >= 4 is 35.3 Å². The number of halogens is 1. The molecule has 1 aliphatic rings. The van der Waals surface area contributed by atoms with E-state index in [4.69, 9.17) is 0 Å². The van der Waals surface area contributed by atoms with Gasteiger partial charge in [-0.1, -0.05) is 60.7 Å². The summed E-state index contributed by atoms with van der Waals surface area (Å²) in [7, 11) is 0. The smallest absolute Gasteiger partial charge is 0.319 e. The summed E-state index contributed by atoms with van der Waals surface area (Å²) in [5.41, 5.74) is 3.03. The van der Waals surface area contributed by atoms with Gasteiger partial charge in [0.2, 0.25) is 5.91 Å². The van der Waals surface area contributed by atoms with Gasteiger partial charge in [-0.15, -0.1) is 11.8 Å². The number of benzene rings is 3. The first-order chi connectivity index (χ1) is 19.5. The number of hydrogen-bond acceptors (Lipinski definition) is 5. The van der Waals surface area contributed by atoms with E-state index >= 15 is 0 Å². The lowest BCUT2D eigenvalue weighted by Gasteiger charge is -2.33. The van der Waals surface area contributed by atoms with Crippen LogP contribution in [0.1, 0.15) is 30.5 Å². The topological polar surface area (TPSA) is 111 Å². The molecule has 0 spiro atoms. The van der Waals surface area contributed by atoms with Gasteiger partial charge in [0.1, 0.15) is 11.9 Å². The molecular weight excluding hydrogens is 543 g/mol. The van der Waals surface area contributed by atoms with E-state index in [2.05, 4.69) is 16.0 Å². The van der Waals surface area contributed by atoms with Crippen LogP contribution in [0.5, 0.6) is 0 Å². The molecule has 3 aromatic carbocycles. The van der Waals surface area contributed by atoms with Crippen molar-refractivity contribution in [1.82, 2.24) is 15.5 Å². The zero-order valence-electron chi connectivity index (χ0n) is 23.3. The van der Waals surface area contributed by atoms with Gasteiger partial charge in [-0.25, -0.2) is 9.18 Å². The summed E-state index contributed by atoms with van der Waals surface area (Å²) in [4.78, 5) is 41.4. The van der Waals surface area contributed by atoms with Crippen molar-refractivity contribution in [2.75, 3.05) is 11.2 Å². The van der Waals surface area contributed by atoms with E-state index < -0.39 is 40.7 Å². The van der Waals surface area contributed by atoms with Gasteiger partial charge in [0.05, 0.1) is 11.9 Å².